The van der Waals surface area contributed by atoms with Gasteiger partial charge in [0, 0.05) is 23.5 Å². The Balaban J connectivity index is 0.00000288. The van der Waals surface area contributed by atoms with Crippen LogP contribution in [0.4, 0.5) is 0 Å². The second-order valence-corrected chi connectivity index (χ2v) is 4.87. The summed E-state index contributed by atoms with van der Waals surface area (Å²) in [7, 11) is 0. The average Bonchev–Trinajstić information content (AvgIpc) is 2.59. The predicted molar refractivity (Wildman–Crippen MR) is 87.1 cm³/mol. The van der Waals surface area contributed by atoms with Gasteiger partial charge in [-0.15, -0.1) is 0 Å². The topological polar surface area (TPSA) is 124 Å². The van der Waals surface area contributed by atoms with E-state index in [9.17, 15) is 14.7 Å². The van der Waals surface area contributed by atoms with Crippen molar-refractivity contribution in [3.05, 3.63) is 48.5 Å². The zero-order valence-electron chi connectivity index (χ0n) is 12.3. The van der Waals surface area contributed by atoms with Gasteiger partial charge in [-0.1, -0.05) is 19.6 Å². The second-order valence-electron chi connectivity index (χ2n) is 4.87. The molecule has 2 aromatic rings. The van der Waals surface area contributed by atoms with Crippen molar-refractivity contribution in [3.8, 4) is 11.1 Å². The van der Waals surface area contributed by atoms with E-state index < -0.39 is 24.0 Å². The number of aliphatic hydroxyl groups is 1. The van der Waals surface area contributed by atoms with Gasteiger partial charge in [0.1, 0.15) is 12.4 Å². The number of hydroxylamine groups is 1. The third-order valence-corrected chi connectivity index (χ3v) is 3.20. The first-order chi connectivity index (χ1) is 11.0. The maximum Gasteiger partial charge on any atom is 0.268 e. The highest BCUT2D eigenvalue weighted by Gasteiger charge is 2.25. The summed E-state index contributed by atoms with van der Waals surface area (Å²) in [6.45, 7) is 1.33. The Kier molecular flexibility index (Phi) is 6.97. The maximum absolute atomic E-state index is 12.1. The van der Waals surface area contributed by atoms with Gasteiger partial charge in [0.05, 0.1) is 6.10 Å². The smallest absolute Gasteiger partial charge is 0.268 e. The molecule has 0 spiro atoms. The van der Waals surface area contributed by atoms with Crippen LogP contribution in [0.2, 0.25) is 0 Å². The molecule has 0 unspecified atom stereocenters. The fraction of sp³-hybridized carbons (Fsp3) is 0.250. The van der Waals surface area contributed by atoms with Gasteiger partial charge in [-0.25, -0.2) is 15.4 Å². The van der Waals surface area contributed by atoms with E-state index in [-0.39, 0.29) is 7.43 Å². The van der Waals surface area contributed by atoms with Gasteiger partial charge < -0.3 is 10.4 Å². The zero-order chi connectivity index (χ0) is 16.8. The SMILES string of the molecule is C.C[C@@H](O)[C@H](NC(=O)c1ccc(-c2cncnc2)cc1)C(=O)NO. The minimum Gasteiger partial charge on any atom is -0.391 e. The summed E-state index contributed by atoms with van der Waals surface area (Å²) in [5.41, 5.74) is 3.36. The highest BCUT2D eigenvalue weighted by Crippen LogP contribution is 2.17. The number of amides is 2. The van der Waals surface area contributed by atoms with Gasteiger partial charge in [0.2, 0.25) is 0 Å². The molecule has 128 valence electrons. The first-order valence-electron chi connectivity index (χ1n) is 6.81. The van der Waals surface area contributed by atoms with Crippen molar-refractivity contribution in [1.29, 1.82) is 0 Å². The molecule has 0 saturated heterocycles. The number of carbonyl (C=O) groups excluding carboxylic acids is 2. The maximum atomic E-state index is 12.1. The van der Waals surface area contributed by atoms with E-state index in [0.29, 0.717) is 5.56 Å². The van der Waals surface area contributed by atoms with E-state index in [1.165, 1.54) is 18.7 Å². The third kappa shape index (κ3) is 4.58. The Morgan fingerprint density at radius 3 is 2.17 bits per heavy atom. The Morgan fingerprint density at radius 1 is 1.08 bits per heavy atom. The molecule has 8 nitrogen and oxygen atoms in total. The molecule has 1 heterocycles. The predicted octanol–water partition coefficient (Wildman–Crippen LogP) is 0.764. The van der Waals surface area contributed by atoms with E-state index in [4.69, 9.17) is 5.21 Å². The van der Waals surface area contributed by atoms with Crippen molar-refractivity contribution in [3.63, 3.8) is 0 Å². The van der Waals surface area contributed by atoms with E-state index in [1.54, 1.807) is 36.7 Å². The molecule has 0 aliphatic carbocycles. The van der Waals surface area contributed by atoms with E-state index in [2.05, 4.69) is 15.3 Å². The van der Waals surface area contributed by atoms with Gasteiger partial charge in [-0.2, -0.15) is 0 Å². The lowest BCUT2D eigenvalue weighted by molar-refractivity contribution is -0.133. The summed E-state index contributed by atoms with van der Waals surface area (Å²) in [4.78, 5) is 31.4. The third-order valence-electron chi connectivity index (χ3n) is 3.20. The van der Waals surface area contributed by atoms with Gasteiger partial charge in [0.25, 0.3) is 11.8 Å². The van der Waals surface area contributed by atoms with Gasteiger partial charge in [-0.05, 0) is 24.6 Å². The molecule has 2 atom stereocenters. The fourth-order valence-corrected chi connectivity index (χ4v) is 1.96. The molecule has 8 heteroatoms. The van der Waals surface area contributed by atoms with Gasteiger partial charge >= 0.3 is 0 Å². The normalized spacial score (nSPS) is 12.5. The van der Waals surface area contributed by atoms with Crippen LogP contribution in [0.25, 0.3) is 11.1 Å². The molecule has 1 aromatic carbocycles. The highest BCUT2D eigenvalue weighted by atomic mass is 16.5. The summed E-state index contributed by atoms with van der Waals surface area (Å²) >= 11 is 0. The number of aromatic nitrogens is 2. The minimum absolute atomic E-state index is 0. The Morgan fingerprint density at radius 2 is 1.67 bits per heavy atom. The monoisotopic (exact) mass is 332 g/mol. The number of hydrogen-bond donors (Lipinski definition) is 4. The van der Waals surface area contributed by atoms with Crippen LogP contribution < -0.4 is 10.8 Å². The number of nitrogens with one attached hydrogen (secondary N) is 2. The molecule has 0 saturated carbocycles. The number of hydrogen-bond acceptors (Lipinski definition) is 6. The Labute approximate surface area is 139 Å². The lowest BCUT2D eigenvalue weighted by Gasteiger charge is -2.19. The standard InChI is InChI=1S/C15H16N4O4.CH4/c1-9(20)13(15(22)19-23)18-14(21)11-4-2-10(3-5-11)12-6-16-8-17-7-12;/h2-9,13,20,23H,1H3,(H,18,21)(H,19,22);1H4/t9-,13+;/m1./s1. The molecular weight excluding hydrogens is 312 g/mol. The summed E-state index contributed by atoms with van der Waals surface area (Å²) in [6.07, 6.45) is 3.56. The summed E-state index contributed by atoms with van der Waals surface area (Å²) in [5.74, 6) is -1.44. The van der Waals surface area contributed by atoms with Crippen LogP contribution in [-0.2, 0) is 4.79 Å². The van der Waals surface area contributed by atoms with E-state index >= 15 is 0 Å². The average molecular weight is 332 g/mol. The van der Waals surface area contributed by atoms with Crippen LogP contribution in [0.5, 0.6) is 0 Å². The zero-order valence-corrected chi connectivity index (χ0v) is 12.3. The number of nitrogens with zero attached hydrogens (tertiary/aromatic N) is 2. The second kappa shape index (κ2) is 8.70. The highest BCUT2D eigenvalue weighted by molar-refractivity contribution is 5.97. The Bertz CT molecular complexity index is 674. The molecule has 2 rings (SSSR count). The van der Waals surface area contributed by atoms with Crippen LogP contribution in [0.1, 0.15) is 24.7 Å². The number of rotatable bonds is 5. The lowest BCUT2D eigenvalue weighted by Crippen LogP contribution is -2.51. The number of benzene rings is 1. The molecule has 0 aliphatic heterocycles. The van der Waals surface area contributed by atoms with Crippen molar-refractivity contribution < 1.29 is 19.9 Å². The molecule has 0 bridgehead atoms. The van der Waals surface area contributed by atoms with E-state index in [0.717, 1.165) is 11.1 Å². The molecule has 2 amide bonds. The fourth-order valence-electron chi connectivity index (χ4n) is 1.96. The van der Waals surface area contributed by atoms with Crippen LogP contribution in [0.3, 0.4) is 0 Å². The van der Waals surface area contributed by atoms with Crippen molar-refractivity contribution >= 4 is 11.8 Å². The quantitative estimate of drug-likeness (QED) is 0.473. The van der Waals surface area contributed by atoms with Crippen LogP contribution >= 0.6 is 0 Å². The molecular formula is C16H20N4O4. The molecule has 1 aromatic heterocycles. The molecule has 0 radical (unpaired) electrons. The number of carbonyl (C=O) groups is 2. The van der Waals surface area contributed by atoms with Crippen molar-refractivity contribution in [1.82, 2.24) is 20.8 Å². The Hall–Kier alpha value is -2.84. The first kappa shape index (κ1) is 19.2. The summed E-state index contributed by atoms with van der Waals surface area (Å²) in [5, 5.41) is 20.5. The largest absolute Gasteiger partial charge is 0.391 e. The molecule has 4 N–H and O–H groups in total. The molecule has 24 heavy (non-hydrogen) atoms. The van der Waals surface area contributed by atoms with E-state index in [1.807, 2.05) is 0 Å². The van der Waals surface area contributed by atoms with Crippen LogP contribution in [0, 0.1) is 0 Å². The summed E-state index contributed by atoms with van der Waals surface area (Å²) in [6, 6.07) is 5.34. The van der Waals surface area contributed by atoms with Crippen molar-refractivity contribution in [2.75, 3.05) is 0 Å². The molecule has 0 aliphatic rings. The van der Waals surface area contributed by atoms with Crippen molar-refractivity contribution in [2.45, 2.75) is 26.5 Å². The minimum atomic E-state index is -1.25. The van der Waals surface area contributed by atoms with Crippen LogP contribution in [-0.4, -0.2) is 44.2 Å². The van der Waals surface area contributed by atoms with Gasteiger partial charge in [-0.3, -0.25) is 14.8 Å². The van der Waals surface area contributed by atoms with Crippen molar-refractivity contribution in [2.24, 2.45) is 0 Å². The number of aliphatic hydroxyl groups excluding tert-OH is 1. The van der Waals surface area contributed by atoms with Gasteiger partial charge in [0.15, 0.2) is 0 Å². The lowest BCUT2D eigenvalue weighted by atomic mass is 10.1. The van der Waals surface area contributed by atoms with Crippen LogP contribution in [0.15, 0.2) is 43.0 Å². The summed E-state index contributed by atoms with van der Waals surface area (Å²) < 4.78 is 0. The molecule has 0 fully saturated rings. The first-order valence-corrected chi connectivity index (χ1v) is 6.81.